The highest BCUT2D eigenvalue weighted by atomic mass is 35.5. The number of rotatable bonds is 3. The lowest BCUT2D eigenvalue weighted by atomic mass is 10.2. The van der Waals surface area contributed by atoms with Gasteiger partial charge in [0.05, 0.1) is 37.7 Å². The van der Waals surface area contributed by atoms with E-state index in [0.717, 1.165) is 5.69 Å². The lowest BCUT2D eigenvalue weighted by Gasteiger charge is -2.40. The van der Waals surface area contributed by atoms with Crippen LogP contribution in [0.2, 0.25) is 5.02 Å². The van der Waals surface area contributed by atoms with Gasteiger partial charge in [0.1, 0.15) is 12.4 Å². The molecule has 0 bridgehead atoms. The van der Waals surface area contributed by atoms with Gasteiger partial charge in [-0.1, -0.05) is 11.6 Å². The smallest absolute Gasteiger partial charge is 0.397 e. The second kappa shape index (κ2) is 9.12. The SMILES string of the molecule is CN=C1CN=C(OP(=O)(N2CCOCC2)N2CCOCC2)c2cc(Cl)ccc2N1. The zero-order valence-electron chi connectivity index (χ0n) is 16.3. The maximum Gasteiger partial charge on any atom is 0.397 e. The summed E-state index contributed by atoms with van der Waals surface area (Å²) in [5, 5.41) is 3.80. The Bertz CT molecular complexity index is 831. The van der Waals surface area contributed by atoms with Gasteiger partial charge in [-0.2, -0.15) is 0 Å². The Hall–Kier alpha value is -1.48. The van der Waals surface area contributed by atoms with Gasteiger partial charge in [0.2, 0.25) is 5.90 Å². The van der Waals surface area contributed by atoms with Crippen molar-refractivity contribution in [3.05, 3.63) is 28.8 Å². The molecule has 0 aromatic heterocycles. The average molecular weight is 442 g/mol. The number of amidine groups is 1. The third kappa shape index (κ3) is 4.50. The monoisotopic (exact) mass is 441 g/mol. The fraction of sp³-hybridized carbons (Fsp3) is 0.556. The molecule has 1 N–H and O–H groups in total. The molecule has 0 unspecified atom stereocenters. The summed E-state index contributed by atoms with van der Waals surface area (Å²) >= 11 is 6.24. The molecule has 2 saturated heterocycles. The Balaban J connectivity index is 1.72. The first-order chi connectivity index (χ1) is 14.1. The van der Waals surface area contributed by atoms with Crippen LogP contribution in [0.15, 0.2) is 28.2 Å². The van der Waals surface area contributed by atoms with E-state index < -0.39 is 7.67 Å². The average Bonchev–Trinajstić information content (AvgIpc) is 2.94. The number of fused-ring (bicyclic) bond motifs is 1. The van der Waals surface area contributed by atoms with Crippen molar-refractivity contribution in [1.29, 1.82) is 0 Å². The van der Waals surface area contributed by atoms with E-state index in [1.165, 1.54) is 0 Å². The summed E-state index contributed by atoms with van der Waals surface area (Å²) in [4.78, 5) is 8.81. The number of nitrogens with one attached hydrogen (secondary N) is 1. The van der Waals surface area contributed by atoms with Crippen molar-refractivity contribution < 1.29 is 18.6 Å². The molecule has 29 heavy (non-hydrogen) atoms. The predicted molar refractivity (Wildman–Crippen MR) is 113 cm³/mol. The van der Waals surface area contributed by atoms with Crippen LogP contribution in [0.3, 0.4) is 0 Å². The molecule has 0 amide bonds. The molecule has 11 heteroatoms. The van der Waals surface area contributed by atoms with E-state index in [-0.39, 0.29) is 0 Å². The van der Waals surface area contributed by atoms with Gasteiger partial charge in [0.15, 0.2) is 0 Å². The normalized spacial score (nSPS) is 23.1. The van der Waals surface area contributed by atoms with Gasteiger partial charge in [-0.3, -0.25) is 4.99 Å². The molecule has 0 radical (unpaired) electrons. The summed E-state index contributed by atoms with van der Waals surface area (Å²) < 4.78 is 35.3. The number of nitrogens with zero attached hydrogens (tertiary/aromatic N) is 4. The maximum absolute atomic E-state index is 14.3. The van der Waals surface area contributed by atoms with E-state index in [1.54, 1.807) is 19.2 Å². The Morgan fingerprint density at radius 1 is 1.14 bits per heavy atom. The lowest BCUT2D eigenvalue weighted by molar-refractivity contribution is 0.0441. The number of hydrogen-bond acceptors (Lipinski definition) is 6. The van der Waals surface area contributed by atoms with Gasteiger partial charge in [0.25, 0.3) is 0 Å². The van der Waals surface area contributed by atoms with Gasteiger partial charge in [-0.05, 0) is 18.2 Å². The molecule has 2 fully saturated rings. The van der Waals surface area contributed by atoms with Crippen LogP contribution in [0.1, 0.15) is 5.56 Å². The predicted octanol–water partition coefficient (Wildman–Crippen LogP) is 2.33. The number of halogens is 1. The molecule has 158 valence electrons. The molecule has 3 aliphatic heterocycles. The van der Waals surface area contributed by atoms with Crippen LogP contribution in [0.4, 0.5) is 5.69 Å². The summed E-state index contributed by atoms with van der Waals surface area (Å²) in [6.45, 7) is 4.48. The van der Waals surface area contributed by atoms with Crippen molar-refractivity contribution in [2.24, 2.45) is 9.98 Å². The van der Waals surface area contributed by atoms with Gasteiger partial charge in [-0.15, -0.1) is 0 Å². The zero-order valence-corrected chi connectivity index (χ0v) is 18.0. The fourth-order valence-electron chi connectivity index (χ4n) is 3.45. The first-order valence-corrected chi connectivity index (χ1v) is 11.5. The number of aliphatic imine (C=N–C) groups is 2. The topological polar surface area (TPSA) is 88.0 Å². The van der Waals surface area contributed by atoms with Crippen molar-refractivity contribution >= 4 is 36.7 Å². The number of benzodiazepines with no additional fused rings is 1. The molecule has 4 rings (SSSR count). The minimum Gasteiger partial charge on any atom is -0.403 e. The van der Waals surface area contributed by atoms with Crippen molar-refractivity contribution in [2.45, 2.75) is 0 Å². The second-order valence-electron chi connectivity index (χ2n) is 6.82. The summed E-state index contributed by atoms with van der Waals surface area (Å²) in [5.74, 6) is 0.995. The first kappa shape index (κ1) is 20.8. The molecule has 0 aliphatic carbocycles. The minimum absolute atomic E-state index is 0.296. The number of ether oxygens (including phenoxy) is 2. The zero-order chi connectivity index (χ0) is 20.3. The van der Waals surface area contributed by atoms with Gasteiger partial charge in [-0.25, -0.2) is 18.9 Å². The first-order valence-electron chi connectivity index (χ1n) is 9.63. The number of hydrogen-bond donors (Lipinski definition) is 1. The molecular weight excluding hydrogens is 417 g/mol. The van der Waals surface area contributed by atoms with Crippen LogP contribution >= 0.6 is 19.3 Å². The second-order valence-corrected chi connectivity index (χ2v) is 9.55. The Morgan fingerprint density at radius 2 is 1.76 bits per heavy atom. The molecule has 1 aromatic carbocycles. The largest absolute Gasteiger partial charge is 0.403 e. The number of morpholine rings is 2. The van der Waals surface area contributed by atoms with Crippen molar-refractivity contribution in [3.63, 3.8) is 0 Å². The molecule has 0 saturated carbocycles. The Kier molecular flexibility index (Phi) is 6.53. The Labute approximate surface area is 175 Å². The maximum atomic E-state index is 14.3. The van der Waals surface area contributed by atoms with Crippen LogP contribution in [0.25, 0.3) is 0 Å². The van der Waals surface area contributed by atoms with Crippen LogP contribution < -0.4 is 5.32 Å². The molecule has 0 atom stereocenters. The van der Waals surface area contributed by atoms with Crippen molar-refractivity contribution in [2.75, 3.05) is 71.5 Å². The molecule has 3 aliphatic rings. The van der Waals surface area contributed by atoms with E-state index in [1.807, 2.05) is 15.4 Å². The Morgan fingerprint density at radius 3 is 2.34 bits per heavy atom. The van der Waals surface area contributed by atoms with Crippen LogP contribution in [0, 0.1) is 0 Å². The van der Waals surface area contributed by atoms with E-state index in [9.17, 15) is 4.57 Å². The summed E-state index contributed by atoms with van der Waals surface area (Å²) in [5.41, 5.74) is 1.43. The third-order valence-corrected chi connectivity index (χ3v) is 7.90. The lowest BCUT2D eigenvalue weighted by Crippen LogP contribution is -2.44. The van der Waals surface area contributed by atoms with Crippen LogP contribution in [0.5, 0.6) is 0 Å². The van der Waals surface area contributed by atoms with Gasteiger partial charge in [0, 0.05) is 38.2 Å². The van der Waals surface area contributed by atoms with Crippen LogP contribution in [-0.4, -0.2) is 87.3 Å². The molecular formula is C18H25ClN5O4P. The van der Waals surface area contributed by atoms with Crippen molar-refractivity contribution in [1.82, 2.24) is 9.34 Å². The van der Waals surface area contributed by atoms with Crippen molar-refractivity contribution in [3.8, 4) is 0 Å². The van der Waals surface area contributed by atoms with Gasteiger partial charge < -0.3 is 19.3 Å². The fourth-order valence-corrected chi connectivity index (χ4v) is 5.93. The highest BCUT2D eigenvalue weighted by Crippen LogP contribution is 2.55. The minimum atomic E-state index is -3.39. The molecule has 9 nitrogen and oxygen atoms in total. The van der Waals surface area contributed by atoms with Gasteiger partial charge >= 0.3 is 7.67 Å². The molecule has 0 spiro atoms. The number of benzene rings is 1. The highest BCUT2D eigenvalue weighted by Gasteiger charge is 2.43. The van der Waals surface area contributed by atoms with E-state index in [2.05, 4.69) is 15.3 Å². The van der Waals surface area contributed by atoms with E-state index in [0.29, 0.717) is 81.5 Å². The summed E-state index contributed by atoms with van der Waals surface area (Å²) in [6, 6.07) is 5.40. The molecule has 3 heterocycles. The molecule has 1 aromatic rings. The third-order valence-electron chi connectivity index (χ3n) is 5.03. The summed E-state index contributed by atoms with van der Waals surface area (Å²) in [7, 11) is -1.69. The number of anilines is 1. The summed E-state index contributed by atoms with van der Waals surface area (Å²) in [6.07, 6.45) is 0. The quantitative estimate of drug-likeness (QED) is 0.720. The van der Waals surface area contributed by atoms with E-state index >= 15 is 0 Å². The highest BCUT2D eigenvalue weighted by molar-refractivity contribution is 7.54. The van der Waals surface area contributed by atoms with Crippen LogP contribution in [-0.2, 0) is 18.6 Å². The standard InChI is InChI=1S/C18H25ClN5O4P/c1-20-17-13-21-18(15-12-14(19)2-3-16(15)22-17)28-29(25,23-4-8-26-9-5-23)24-6-10-27-11-7-24/h2-3,12H,4-11,13H2,1H3,(H,20,22). The van der Waals surface area contributed by atoms with E-state index in [4.69, 9.17) is 25.6 Å².